The molecule has 0 spiro atoms. The molecule has 0 radical (unpaired) electrons. The minimum atomic E-state index is -3.52. The Morgan fingerprint density at radius 1 is 1.17 bits per heavy atom. The number of hydrogen-bond acceptors (Lipinski definition) is 3. The van der Waals surface area contributed by atoms with Gasteiger partial charge >= 0.3 is 0 Å². The highest BCUT2D eigenvalue weighted by Crippen LogP contribution is 2.21. The lowest BCUT2D eigenvalue weighted by molar-refractivity contribution is 0.101. The maximum Gasteiger partial charge on any atom is 0.240 e. The van der Waals surface area contributed by atoms with Crippen molar-refractivity contribution in [2.75, 3.05) is 0 Å². The molecule has 0 heterocycles. The van der Waals surface area contributed by atoms with Gasteiger partial charge in [0.05, 0.1) is 11.0 Å². The van der Waals surface area contributed by atoms with Gasteiger partial charge in [-0.3, -0.25) is 0 Å². The van der Waals surface area contributed by atoms with Gasteiger partial charge in [-0.1, -0.05) is 12.8 Å². The van der Waals surface area contributed by atoms with Crippen LogP contribution in [0.2, 0.25) is 0 Å². The van der Waals surface area contributed by atoms with E-state index >= 15 is 0 Å². The molecule has 0 unspecified atom stereocenters. The number of aliphatic hydroxyl groups is 1. The fraction of sp³-hybridized carbons (Fsp3) is 0.500. The number of nitrogens with one attached hydrogen (secondary N) is 1. The Bertz CT molecular complexity index is 501. The smallest absolute Gasteiger partial charge is 0.240 e. The third kappa shape index (κ3) is 3.43. The SMILES string of the molecule is O=S(=O)(N[C@H]1CCCC[C@@H]1O)c1ccc(I)cc1. The van der Waals surface area contributed by atoms with Gasteiger partial charge in [0.25, 0.3) is 0 Å². The van der Waals surface area contributed by atoms with Crippen molar-refractivity contribution in [2.24, 2.45) is 0 Å². The highest BCUT2D eigenvalue weighted by Gasteiger charge is 2.27. The predicted octanol–water partition coefficient (Wildman–Crippen LogP) is 1.87. The van der Waals surface area contributed by atoms with Gasteiger partial charge < -0.3 is 5.11 Å². The largest absolute Gasteiger partial charge is 0.391 e. The van der Waals surface area contributed by atoms with Gasteiger partial charge in [-0.25, -0.2) is 13.1 Å². The predicted molar refractivity (Wildman–Crippen MR) is 77.7 cm³/mol. The van der Waals surface area contributed by atoms with Gasteiger partial charge in [0, 0.05) is 9.61 Å². The second kappa shape index (κ2) is 5.85. The zero-order valence-corrected chi connectivity index (χ0v) is 12.8. The summed E-state index contributed by atoms with van der Waals surface area (Å²) >= 11 is 2.13. The quantitative estimate of drug-likeness (QED) is 0.786. The second-order valence-corrected chi connectivity index (χ2v) is 7.49. The minimum absolute atomic E-state index is 0.251. The van der Waals surface area contributed by atoms with Crippen molar-refractivity contribution >= 4 is 32.6 Å². The average molecular weight is 381 g/mol. The minimum Gasteiger partial charge on any atom is -0.391 e. The fourth-order valence-corrected chi connectivity index (χ4v) is 3.79. The molecule has 2 rings (SSSR count). The molecule has 1 aromatic rings. The van der Waals surface area contributed by atoms with E-state index in [1.807, 2.05) is 0 Å². The van der Waals surface area contributed by atoms with Gasteiger partial charge in [0.15, 0.2) is 0 Å². The van der Waals surface area contributed by atoms with Crippen LogP contribution in [0.25, 0.3) is 0 Å². The summed E-state index contributed by atoms with van der Waals surface area (Å²) in [7, 11) is -3.52. The van der Waals surface area contributed by atoms with Gasteiger partial charge in [-0.05, 0) is 59.7 Å². The Morgan fingerprint density at radius 2 is 1.78 bits per heavy atom. The third-order valence-electron chi connectivity index (χ3n) is 3.16. The third-order valence-corrected chi connectivity index (χ3v) is 5.38. The van der Waals surface area contributed by atoms with Crippen LogP contribution < -0.4 is 4.72 Å². The lowest BCUT2D eigenvalue weighted by Gasteiger charge is -2.28. The van der Waals surface area contributed by atoms with Crippen molar-refractivity contribution in [1.29, 1.82) is 0 Å². The van der Waals surface area contributed by atoms with Crippen molar-refractivity contribution < 1.29 is 13.5 Å². The van der Waals surface area contributed by atoms with E-state index in [9.17, 15) is 13.5 Å². The van der Waals surface area contributed by atoms with E-state index in [2.05, 4.69) is 27.3 Å². The van der Waals surface area contributed by atoms with Crippen LogP contribution in [-0.4, -0.2) is 25.7 Å². The summed E-state index contributed by atoms with van der Waals surface area (Å²) in [5.41, 5.74) is 0. The molecule has 2 N–H and O–H groups in total. The average Bonchev–Trinajstić information content (AvgIpc) is 2.32. The molecule has 0 saturated heterocycles. The highest BCUT2D eigenvalue weighted by atomic mass is 127. The summed E-state index contributed by atoms with van der Waals surface area (Å²) in [4.78, 5) is 0.251. The Balaban J connectivity index is 2.13. The second-order valence-electron chi connectivity index (χ2n) is 4.53. The Kier molecular flexibility index (Phi) is 4.63. The molecular weight excluding hydrogens is 365 g/mol. The summed E-state index contributed by atoms with van der Waals surface area (Å²) < 4.78 is 27.9. The van der Waals surface area contributed by atoms with Crippen LogP contribution in [0.3, 0.4) is 0 Å². The van der Waals surface area contributed by atoms with E-state index in [1.54, 1.807) is 24.3 Å². The highest BCUT2D eigenvalue weighted by molar-refractivity contribution is 14.1. The van der Waals surface area contributed by atoms with Crippen molar-refractivity contribution in [3.05, 3.63) is 27.8 Å². The first-order chi connectivity index (χ1) is 8.49. The molecule has 1 aliphatic carbocycles. The van der Waals surface area contributed by atoms with E-state index in [0.717, 1.165) is 16.4 Å². The summed E-state index contributed by atoms with van der Waals surface area (Å²) in [5, 5.41) is 9.80. The molecule has 100 valence electrons. The number of aliphatic hydroxyl groups excluding tert-OH is 1. The van der Waals surface area contributed by atoms with E-state index < -0.39 is 16.1 Å². The molecule has 1 aliphatic rings. The molecule has 6 heteroatoms. The first kappa shape index (κ1) is 14.2. The molecule has 18 heavy (non-hydrogen) atoms. The molecule has 1 aromatic carbocycles. The van der Waals surface area contributed by atoms with E-state index in [4.69, 9.17) is 0 Å². The number of benzene rings is 1. The maximum absolute atomic E-state index is 12.1. The van der Waals surface area contributed by atoms with Gasteiger partial charge in [0.2, 0.25) is 10.0 Å². The first-order valence-electron chi connectivity index (χ1n) is 5.95. The normalized spacial score (nSPS) is 25.0. The van der Waals surface area contributed by atoms with Crippen molar-refractivity contribution in [1.82, 2.24) is 4.72 Å². The summed E-state index contributed by atoms with van der Waals surface area (Å²) in [5.74, 6) is 0. The topological polar surface area (TPSA) is 66.4 Å². The lowest BCUT2D eigenvalue weighted by Crippen LogP contribution is -2.44. The molecular formula is C12H16INO3S. The summed E-state index contributed by atoms with van der Waals surface area (Å²) in [6.07, 6.45) is 2.71. The molecule has 4 nitrogen and oxygen atoms in total. The Hall–Kier alpha value is -0.180. The first-order valence-corrected chi connectivity index (χ1v) is 8.51. The molecule has 1 fully saturated rings. The monoisotopic (exact) mass is 381 g/mol. The number of halogens is 1. The van der Waals surface area contributed by atoms with Crippen LogP contribution in [0.1, 0.15) is 25.7 Å². The Labute approximate surface area is 121 Å². The maximum atomic E-state index is 12.1. The van der Waals surface area contributed by atoms with Crippen LogP contribution in [0.5, 0.6) is 0 Å². The van der Waals surface area contributed by atoms with Crippen LogP contribution >= 0.6 is 22.6 Å². The fourth-order valence-electron chi connectivity index (χ4n) is 2.13. The van der Waals surface area contributed by atoms with Crippen molar-refractivity contribution in [2.45, 2.75) is 42.7 Å². The van der Waals surface area contributed by atoms with Crippen molar-refractivity contribution in [3.63, 3.8) is 0 Å². The van der Waals surface area contributed by atoms with Crippen LogP contribution in [0.4, 0.5) is 0 Å². The molecule has 0 amide bonds. The number of rotatable bonds is 3. The van der Waals surface area contributed by atoms with Crippen LogP contribution in [-0.2, 0) is 10.0 Å². The Morgan fingerprint density at radius 3 is 2.39 bits per heavy atom. The zero-order valence-electron chi connectivity index (χ0n) is 9.84. The zero-order chi connectivity index (χ0) is 13.2. The molecule has 0 aromatic heterocycles. The van der Waals surface area contributed by atoms with Crippen LogP contribution in [0, 0.1) is 3.57 Å². The van der Waals surface area contributed by atoms with E-state index in [-0.39, 0.29) is 10.9 Å². The molecule has 2 atom stereocenters. The molecule has 0 bridgehead atoms. The van der Waals surface area contributed by atoms with Gasteiger partial charge in [0.1, 0.15) is 0 Å². The molecule has 1 saturated carbocycles. The van der Waals surface area contributed by atoms with Gasteiger partial charge in [-0.15, -0.1) is 0 Å². The molecule has 0 aliphatic heterocycles. The van der Waals surface area contributed by atoms with E-state index in [0.29, 0.717) is 12.8 Å². The summed E-state index contributed by atoms with van der Waals surface area (Å²) in [6, 6.07) is 6.32. The van der Waals surface area contributed by atoms with E-state index in [1.165, 1.54) is 0 Å². The van der Waals surface area contributed by atoms with Crippen LogP contribution in [0.15, 0.2) is 29.2 Å². The van der Waals surface area contributed by atoms with Gasteiger partial charge in [-0.2, -0.15) is 0 Å². The number of hydrogen-bond donors (Lipinski definition) is 2. The number of sulfonamides is 1. The lowest BCUT2D eigenvalue weighted by atomic mass is 9.93. The standard InChI is InChI=1S/C12H16INO3S/c13-9-5-7-10(8-6-9)18(16,17)14-11-3-1-2-4-12(11)15/h5-8,11-12,14-15H,1-4H2/t11-,12-/m0/s1. The van der Waals surface area contributed by atoms with Crippen molar-refractivity contribution in [3.8, 4) is 0 Å². The summed E-state index contributed by atoms with van der Waals surface area (Å²) in [6.45, 7) is 0.